The predicted octanol–water partition coefficient (Wildman–Crippen LogP) is 3.43. The van der Waals surface area contributed by atoms with Crippen molar-refractivity contribution in [3.8, 4) is 11.3 Å². The summed E-state index contributed by atoms with van der Waals surface area (Å²) in [7, 11) is 0. The second-order valence-corrected chi connectivity index (χ2v) is 4.99. The van der Waals surface area contributed by atoms with Gasteiger partial charge >= 0.3 is 0 Å². The molecule has 2 aromatic rings. The van der Waals surface area contributed by atoms with Crippen molar-refractivity contribution in [2.45, 2.75) is 19.8 Å². The molecule has 0 fully saturated rings. The fraction of sp³-hybridized carbons (Fsp3) is 0.214. The van der Waals surface area contributed by atoms with Crippen molar-refractivity contribution < 1.29 is 4.79 Å². The largest absolute Gasteiger partial charge is 0.300 e. The van der Waals surface area contributed by atoms with Crippen LogP contribution in [0.15, 0.2) is 41.0 Å². The number of aryl methyl sites for hydroxylation is 1. The van der Waals surface area contributed by atoms with Crippen LogP contribution in [-0.4, -0.2) is 15.8 Å². The zero-order valence-corrected chi connectivity index (χ0v) is 11.6. The molecule has 1 aromatic carbocycles. The first-order chi connectivity index (χ1) is 8.65. The van der Waals surface area contributed by atoms with Gasteiger partial charge in [-0.3, -0.25) is 0 Å². The Labute approximate surface area is 114 Å². The molecule has 0 bridgehead atoms. The summed E-state index contributed by atoms with van der Waals surface area (Å²) < 4.78 is 1.02. The minimum Gasteiger partial charge on any atom is -0.300 e. The van der Waals surface area contributed by atoms with Crippen molar-refractivity contribution in [1.29, 1.82) is 0 Å². The van der Waals surface area contributed by atoms with Crippen LogP contribution in [0.3, 0.4) is 0 Å². The maximum absolute atomic E-state index is 11.0. The molecule has 0 aliphatic rings. The Morgan fingerprint density at radius 3 is 2.89 bits per heavy atom. The minimum atomic E-state index is 0.159. The number of carbonyl (C=O) groups excluding carboxylic acids is 1. The number of halogens is 1. The summed E-state index contributed by atoms with van der Waals surface area (Å²) in [5.74, 6) is 0.870. The van der Waals surface area contributed by atoms with Crippen LogP contribution in [-0.2, 0) is 11.2 Å². The number of hydrogen-bond donors (Lipinski definition) is 0. The van der Waals surface area contributed by atoms with Gasteiger partial charge in [0.05, 0.1) is 5.69 Å². The molecule has 1 heterocycles. The summed E-state index contributed by atoms with van der Waals surface area (Å²) >= 11 is 3.44. The van der Waals surface area contributed by atoms with E-state index in [0.29, 0.717) is 18.7 Å². The number of benzene rings is 1. The summed E-state index contributed by atoms with van der Waals surface area (Å²) in [6.45, 7) is 1.58. The Kier molecular flexibility index (Phi) is 4.20. The summed E-state index contributed by atoms with van der Waals surface area (Å²) in [5.41, 5.74) is 1.92. The van der Waals surface area contributed by atoms with Crippen LogP contribution >= 0.6 is 15.9 Å². The van der Waals surface area contributed by atoms with Gasteiger partial charge in [0, 0.05) is 29.1 Å². The van der Waals surface area contributed by atoms with Crippen molar-refractivity contribution in [2.24, 2.45) is 0 Å². The van der Waals surface area contributed by atoms with E-state index in [1.54, 1.807) is 13.1 Å². The van der Waals surface area contributed by atoms with Gasteiger partial charge in [0.15, 0.2) is 0 Å². The topological polar surface area (TPSA) is 42.9 Å². The second kappa shape index (κ2) is 5.87. The van der Waals surface area contributed by atoms with Crippen molar-refractivity contribution in [1.82, 2.24) is 9.97 Å². The number of nitrogens with zero attached hydrogens (tertiary/aromatic N) is 2. The maximum Gasteiger partial charge on any atom is 0.130 e. The summed E-state index contributed by atoms with van der Waals surface area (Å²) in [6.07, 6.45) is 2.82. The zero-order valence-electron chi connectivity index (χ0n) is 10.1. The van der Waals surface area contributed by atoms with Gasteiger partial charge in [-0.1, -0.05) is 28.1 Å². The van der Waals surface area contributed by atoms with Crippen molar-refractivity contribution >= 4 is 21.7 Å². The van der Waals surface area contributed by atoms with Crippen molar-refractivity contribution in [3.05, 3.63) is 46.8 Å². The highest BCUT2D eigenvalue weighted by atomic mass is 79.9. The van der Waals surface area contributed by atoms with Gasteiger partial charge in [-0.2, -0.15) is 0 Å². The molecule has 4 heteroatoms. The average Bonchev–Trinajstić information content (AvgIpc) is 2.37. The van der Waals surface area contributed by atoms with Crippen LogP contribution in [0, 0.1) is 0 Å². The number of Topliss-reactive ketones (excluding diaryl/α,β-unsaturated/α-hetero) is 1. The summed E-state index contributed by atoms with van der Waals surface area (Å²) in [5, 5.41) is 0. The molecule has 3 nitrogen and oxygen atoms in total. The molecule has 0 atom stereocenters. The van der Waals surface area contributed by atoms with E-state index >= 15 is 0 Å². The van der Waals surface area contributed by atoms with Gasteiger partial charge in [0.1, 0.15) is 11.6 Å². The van der Waals surface area contributed by atoms with E-state index in [4.69, 9.17) is 0 Å². The van der Waals surface area contributed by atoms with Crippen molar-refractivity contribution in [3.63, 3.8) is 0 Å². The lowest BCUT2D eigenvalue weighted by Crippen LogP contribution is -2.00. The highest BCUT2D eigenvalue weighted by Crippen LogP contribution is 2.21. The van der Waals surface area contributed by atoms with E-state index in [-0.39, 0.29) is 5.78 Å². The lowest BCUT2D eigenvalue weighted by molar-refractivity contribution is -0.117. The van der Waals surface area contributed by atoms with Crippen molar-refractivity contribution in [2.75, 3.05) is 0 Å². The SMILES string of the molecule is CC(=O)CCc1nccc(-c2cccc(Br)c2)n1. The van der Waals surface area contributed by atoms with Crippen LogP contribution in [0.2, 0.25) is 0 Å². The van der Waals surface area contributed by atoms with E-state index in [9.17, 15) is 4.79 Å². The van der Waals surface area contributed by atoms with Gasteiger partial charge < -0.3 is 4.79 Å². The maximum atomic E-state index is 11.0. The molecule has 0 spiro atoms. The molecular weight excluding hydrogens is 292 g/mol. The van der Waals surface area contributed by atoms with Gasteiger partial charge in [-0.25, -0.2) is 9.97 Å². The second-order valence-electron chi connectivity index (χ2n) is 4.07. The molecule has 18 heavy (non-hydrogen) atoms. The molecular formula is C14H13BrN2O. The van der Waals surface area contributed by atoms with Gasteiger partial charge in [0.2, 0.25) is 0 Å². The average molecular weight is 305 g/mol. The summed E-state index contributed by atoms with van der Waals surface area (Å²) in [4.78, 5) is 19.6. The van der Waals surface area contributed by atoms with Crippen LogP contribution in [0.5, 0.6) is 0 Å². The lowest BCUT2D eigenvalue weighted by Gasteiger charge is -2.03. The Balaban J connectivity index is 2.24. The van der Waals surface area contributed by atoms with E-state index in [1.165, 1.54) is 0 Å². The first-order valence-electron chi connectivity index (χ1n) is 5.72. The molecule has 0 aliphatic carbocycles. The third-order valence-electron chi connectivity index (χ3n) is 2.53. The first kappa shape index (κ1) is 12.9. The molecule has 0 aliphatic heterocycles. The third-order valence-corrected chi connectivity index (χ3v) is 3.02. The Bertz CT molecular complexity index is 569. The molecule has 0 N–H and O–H groups in total. The number of hydrogen-bond acceptors (Lipinski definition) is 3. The molecule has 0 amide bonds. The normalized spacial score (nSPS) is 10.3. The fourth-order valence-corrected chi connectivity index (χ4v) is 2.02. The predicted molar refractivity (Wildman–Crippen MR) is 74.2 cm³/mol. The van der Waals surface area contributed by atoms with Gasteiger partial charge in [-0.15, -0.1) is 0 Å². The lowest BCUT2D eigenvalue weighted by atomic mass is 10.1. The Morgan fingerprint density at radius 2 is 2.17 bits per heavy atom. The van der Waals surface area contributed by atoms with Gasteiger partial charge in [-0.05, 0) is 25.1 Å². The smallest absolute Gasteiger partial charge is 0.130 e. The molecule has 0 saturated heterocycles. The molecule has 0 radical (unpaired) electrons. The fourth-order valence-electron chi connectivity index (χ4n) is 1.62. The van der Waals surface area contributed by atoms with Crippen LogP contribution in [0.4, 0.5) is 0 Å². The molecule has 1 aromatic heterocycles. The van der Waals surface area contributed by atoms with E-state index in [2.05, 4.69) is 25.9 Å². The standard InChI is InChI=1S/C14H13BrN2O/c1-10(18)5-6-14-16-8-7-13(17-14)11-3-2-4-12(15)9-11/h2-4,7-9H,5-6H2,1H3. The molecule has 2 rings (SSSR count). The zero-order chi connectivity index (χ0) is 13.0. The highest BCUT2D eigenvalue weighted by molar-refractivity contribution is 9.10. The Hall–Kier alpha value is -1.55. The summed E-state index contributed by atoms with van der Waals surface area (Å²) in [6, 6.07) is 9.83. The molecule has 0 saturated carbocycles. The monoisotopic (exact) mass is 304 g/mol. The van der Waals surface area contributed by atoms with E-state index in [1.807, 2.05) is 30.3 Å². The van der Waals surface area contributed by atoms with Crippen LogP contribution < -0.4 is 0 Å². The van der Waals surface area contributed by atoms with Crippen LogP contribution in [0.1, 0.15) is 19.2 Å². The highest BCUT2D eigenvalue weighted by Gasteiger charge is 2.04. The number of carbonyl (C=O) groups is 1. The number of rotatable bonds is 4. The minimum absolute atomic E-state index is 0.159. The van der Waals surface area contributed by atoms with Crippen LogP contribution in [0.25, 0.3) is 11.3 Å². The Morgan fingerprint density at radius 1 is 1.33 bits per heavy atom. The first-order valence-corrected chi connectivity index (χ1v) is 6.52. The molecule has 0 unspecified atom stereocenters. The van der Waals surface area contributed by atoms with Gasteiger partial charge in [0.25, 0.3) is 0 Å². The number of ketones is 1. The molecule has 92 valence electrons. The van der Waals surface area contributed by atoms with E-state index in [0.717, 1.165) is 15.7 Å². The number of aromatic nitrogens is 2. The van der Waals surface area contributed by atoms with E-state index < -0.39 is 0 Å². The third kappa shape index (κ3) is 3.47. The quantitative estimate of drug-likeness (QED) is 0.869.